The van der Waals surface area contributed by atoms with Crippen LogP contribution in [0.1, 0.15) is 28.4 Å². The van der Waals surface area contributed by atoms with E-state index in [1.807, 2.05) is 55.5 Å². The Bertz CT molecular complexity index is 538. The largest absolute Gasteiger partial charge is 0.485 e. The Labute approximate surface area is 114 Å². The van der Waals surface area contributed by atoms with Crippen LogP contribution in [0.5, 0.6) is 5.75 Å². The lowest BCUT2D eigenvalue weighted by Gasteiger charge is -2.06. The molecular weight excluding hydrogens is 236 g/mol. The topological polar surface area (TPSA) is 26.3 Å². The fourth-order valence-corrected chi connectivity index (χ4v) is 1.79. The standard InChI is InChI=1S/C17H18O2/c1-3-14-6-10-16(11-7-14)19-12-17(18)15-8-4-13(2)5-9-15/h4-11H,3,12H2,1-2H3. The van der Waals surface area contributed by atoms with E-state index in [1.165, 1.54) is 5.56 Å². The van der Waals surface area contributed by atoms with Crippen LogP contribution in [0.2, 0.25) is 0 Å². The van der Waals surface area contributed by atoms with Crippen molar-refractivity contribution in [1.82, 2.24) is 0 Å². The monoisotopic (exact) mass is 254 g/mol. The lowest BCUT2D eigenvalue weighted by molar-refractivity contribution is 0.0921. The van der Waals surface area contributed by atoms with Gasteiger partial charge in [0.2, 0.25) is 0 Å². The van der Waals surface area contributed by atoms with Gasteiger partial charge in [0.25, 0.3) is 0 Å². The number of aryl methyl sites for hydroxylation is 2. The van der Waals surface area contributed by atoms with Crippen molar-refractivity contribution < 1.29 is 9.53 Å². The minimum absolute atomic E-state index is 0.000400. The predicted molar refractivity (Wildman–Crippen MR) is 76.8 cm³/mol. The average molecular weight is 254 g/mol. The maximum absolute atomic E-state index is 11.9. The summed E-state index contributed by atoms with van der Waals surface area (Å²) >= 11 is 0. The summed E-state index contributed by atoms with van der Waals surface area (Å²) in [6, 6.07) is 15.4. The quantitative estimate of drug-likeness (QED) is 0.758. The van der Waals surface area contributed by atoms with Crippen LogP contribution < -0.4 is 4.74 Å². The molecule has 19 heavy (non-hydrogen) atoms. The zero-order valence-electron chi connectivity index (χ0n) is 11.3. The van der Waals surface area contributed by atoms with Crippen molar-refractivity contribution in [2.24, 2.45) is 0 Å². The minimum atomic E-state index is -0.000400. The van der Waals surface area contributed by atoms with Crippen molar-refractivity contribution in [3.8, 4) is 5.75 Å². The molecule has 2 aromatic carbocycles. The third-order valence-corrected chi connectivity index (χ3v) is 3.08. The van der Waals surface area contributed by atoms with Crippen molar-refractivity contribution in [1.29, 1.82) is 0 Å². The molecule has 0 N–H and O–H groups in total. The lowest BCUT2D eigenvalue weighted by Crippen LogP contribution is -2.11. The molecule has 0 aliphatic carbocycles. The Morgan fingerprint density at radius 2 is 1.63 bits per heavy atom. The molecule has 0 aliphatic heterocycles. The van der Waals surface area contributed by atoms with Crippen LogP contribution in [0.25, 0.3) is 0 Å². The molecule has 0 heterocycles. The summed E-state index contributed by atoms with van der Waals surface area (Å²) < 4.78 is 5.50. The van der Waals surface area contributed by atoms with Gasteiger partial charge in [-0.3, -0.25) is 4.79 Å². The molecule has 2 nitrogen and oxygen atoms in total. The van der Waals surface area contributed by atoms with Crippen molar-refractivity contribution in [2.75, 3.05) is 6.61 Å². The van der Waals surface area contributed by atoms with E-state index < -0.39 is 0 Å². The second kappa shape index (κ2) is 6.19. The lowest BCUT2D eigenvalue weighted by atomic mass is 10.1. The molecule has 0 aliphatic rings. The number of carbonyl (C=O) groups excluding carboxylic acids is 1. The van der Waals surface area contributed by atoms with Crippen LogP contribution in [0, 0.1) is 6.92 Å². The highest BCUT2D eigenvalue weighted by molar-refractivity contribution is 5.97. The second-order valence-electron chi connectivity index (χ2n) is 4.58. The van der Waals surface area contributed by atoms with Gasteiger partial charge >= 0.3 is 0 Å². The number of ketones is 1. The van der Waals surface area contributed by atoms with E-state index in [0.717, 1.165) is 17.7 Å². The van der Waals surface area contributed by atoms with Crippen LogP contribution in [0.15, 0.2) is 48.5 Å². The predicted octanol–water partition coefficient (Wildman–Crippen LogP) is 3.82. The van der Waals surface area contributed by atoms with Crippen LogP contribution in [0.3, 0.4) is 0 Å². The number of hydrogen-bond donors (Lipinski definition) is 0. The van der Waals surface area contributed by atoms with Gasteiger partial charge < -0.3 is 4.74 Å². The molecule has 0 atom stereocenters. The molecule has 0 aromatic heterocycles. The Hall–Kier alpha value is -2.09. The first kappa shape index (κ1) is 13.3. The van der Waals surface area contributed by atoms with E-state index >= 15 is 0 Å². The van der Waals surface area contributed by atoms with E-state index in [4.69, 9.17) is 4.74 Å². The second-order valence-corrected chi connectivity index (χ2v) is 4.58. The highest BCUT2D eigenvalue weighted by atomic mass is 16.5. The zero-order chi connectivity index (χ0) is 13.7. The number of ether oxygens (including phenoxy) is 1. The first-order chi connectivity index (χ1) is 9.19. The average Bonchev–Trinajstić information content (AvgIpc) is 2.46. The van der Waals surface area contributed by atoms with Gasteiger partial charge in [-0.2, -0.15) is 0 Å². The minimum Gasteiger partial charge on any atom is -0.485 e. The molecule has 0 spiro atoms. The summed E-state index contributed by atoms with van der Waals surface area (Å²) in [7, 11) is 0. The number of benzene rings is 2. The number of carbonyl (C=O) groups is 1. The van der Waals surface area contributed by atoms with Gasteiger partial charge in [0.05, 0.1) is 0 Å². The zero-order valence-corrected chi connectivity index (χ0v) is 11.3. The molecule has 0 saturated heterocycles. The molecule has 0 bridgehead atoms. The molecule has 2 rings (SSSR count). The highest BCUT2D eigenvalue weighted by Crippen LogP contribution is 2.13. The van der Waals surface area contributed by atoms with Crippen LogP contribution in [-0.4, -0.2) is 12.4 Å². The van der Waals surface area contributed by atoms with Crippen molar-refractivity contribution in [3.05, 3.63) is 65.2 Å². The summed E-state index contributed by atoms with van der Waals surface area (Å²) in [5.41, 5.74) is 3.10. The number of rotatable bonds is 5. The summed E-state index contributed by atoms with van der Waals surface area (Å²) in [6.45, 7) is 4.19. The molecule has 0 fully saturated rings. The summed E-state index contributed by atoms with van der Waals surface area (Å²) in [6.07, 6.45) is 1.00. The van der Waals surface area contributed by atoms with Gasteiger partial charge in [-0.1, -0.05) is 48.9 Å². The van der Waals surface area contributed by atoms with Crippen LogP contribution in [0.4, 0.5) is 0 Å². The fourth-order valence-electron chi connectivity index (χ4n) is 1.79. The molecule has 2 aromatic rings. The fraction of sp³-hybridized carbons (Fsp3) is 0.235. The first-order valence-electron chi connectivity index (χ1n) is 6.50. The summed E-state index contributed by atoms with van der Waals surface area (Å²) in [5, 5.41) is 0. The number of hydrogen-bond acceptors (Lipinski definition) is 2. The third-order valence-electron chi connectivity index (χ3n) is 3.08. The SMILES string of the molecule is CCc1ccc(OCC(=O)c2ccc(C)cc2)cc1. The van der Waals surface area contributed by atoms with E-state index in [2.05, 4.69) is 6.92 Å². The molecule has 2 heteroatoms. The maximum atomic E-state index is 11.9. The summed E-state index contributed by atoms with van der Waals surface area (Å²) in [4.78, 5) is 11.9. The molecular formula is C17H18O2. The van der Waals surface area contributed by atoms with Gasteiger partial charge in [0.15, 0.2) is 12.4 Å². The van der Waals surface area contributed by atoms with Gasteiger partial charge in [-0.15, -0.1) is 0 Å². The van der Waals surface area contributed by atoms with Gasteiger partial charge in [0.1, 0.15) is 5.75 Å². The molecule has 0 radical (unpaired) electrons. The van der Waals surface area contributed by atoms with Crippen LogP contribution >= 0.6 is 0 Å². The molecule has 98 valence electrons. The third kappa shape index (κ3) is 3.68. The van der Waals surface area contributed by atoms with E-state index in [1.54, 1.807) is 0 Å². The summed E-state index contributed by atoms with van der Waals surface area (Å²) in [5.74, 6) is 0.734. The van der Waals surface area contributed by atoms with Crippen molar-refractivity contribution >= 4 is 5.78 Å². The van der Waals surface area contributed by atoms with Gasteiger partial charge in [0, 0.05) is 5.56 Å². The Morgan fingerprint density at radius 1 is 1.00 bits per heavy atom. The van der Waals surface area contributed by atoms with Crippen molar-refractivity contribution in [2.45, 2.75) is 20.3 Å². The van der Waals surface area contributed by atoms with Crippen molar-refractivity contribution in [3.63, 3.8) is 0 Å². The van der Waals surface area contributed by atoms with E-state index in [9.17, 15) is 4.79 Å². The Morgan fingerprint density at radius 3 is 2.21 bits per heavy atom. The van der Waals surface area contributed by atoms with Gasteiger partial charge in [-0.25, -0.2) is 0 Å². The Balaban J connectivity index is 1.94. The van der Waals surface area contributed by atoms with Gasteiger partial charge in [-0.05, 0) is 31.0 Å². The first-order valence-corrected chi connectivity index (χ1v) is 6.50. The molecule has 0 amide bonds. The number of Topliss-reactive ketones (excluding diaryl/α,β-unsaturated/α-hetero) is 1. The normalized spacial score (nSPS) is 10.2. The highest BCUT2D eigenvalue weighted by Gasteiger charge is 2.06. The smallest absolute Gasteiger partial charge is 0.200 e. The van der Waals surface area contributed by atoms with Crippen LogP contribution in [-0.2, 0) is 6.42 Å². The molecule has 0 saturated carbocycles. The maximum Gasteiger partial charge on any atom is 0.200 e. The van der Waals surface area contributed by atoms with E-state index in [-0.39, 0.29) is 12.4 Å². The van der Waals surface area contributed by atoms with E-state index in [0.29, 0.717) is 5.56 Å². The molecule has 0 unspecified atom stereocenters. The Kier molecular flexibility index (Phi) is 4.35.